The molecular formula is C15H22N2O2. The fourth-order valence-corrected chi connectivity index (χ4v) is 3.05. The van der Waals surface area contributed by atoms with Gasteiger partial charge in [-0.25, -0.2) is 0 Å². The molecule has 0 atom stereocenters. The average molecular weight is 262 g/mol. The van der Waals surface area contributed by atoms with Gasteiger partial charge < -0.3 is 10.0 Å². The molecule has 4 heteroatoms. The molecule has 2 heterocycles. The molecule has 0 spiro atoms. The van der Waals surface area contributed by atoms with Gasteiger partial charge in [-0.05, 0) is 37.8 Å². The van der Waals surface area contributed by atoms with Gasteiger partial charge in [0.05, 0.1) is 5.41 Å². The SMILES string of the molecule is CCCC1(C(=O)O)CCN(c2ccncc2C)CC1. The van der Waals surface area contributed by atoms with Gasteiger partial charge in [0.15, 0.2) is 0 Å². The zero-order valence-corrected chi connectivity index (χ0v) is 11.7. The lowest BCUT2D eigenvalue weighted by atomic mass is 9.75. The standard InChI is InChI=1S/C15H22N2O2/c1-3-5-15(14(18)19)6-9-17(10-7-15)13-4-8-16-11-12(13)2/h4,8,11H,3,5-7,9-10H2,1-2H3,(H,18,19). The van der Waals surface area contributed by atoms with Crippen molar-refractivity contribution in [3.05, 3.63) is 24.0 Å². The number of hydrogen-bond donors (Lipinski definition) is 1. The van der Waals surface area contributed by atoms with Crippen LogP contribution in [0.1, 0.15) is 38.2 Å². The minimum absolute atomic E-state index is 0.508. The molecule has 1 N–H and O–H groups in total. The van der Waals surface area contributed by atoms with Crippen LogP contribution in [0.25, 0.3) is 0 Å². The Labute approximate surface area is 114 Å². The Morgan fingerprint density at radius 1 is 1.47 bits per heavy atom. The van der Waals surface area contributed by atoms with Gasteiger partial charge in [0.25, 0.3) is 0 Å². The summed E-state index contributed by atoms with van der Waals surface area (Å²) >= 11 is 0. The summed E-state index contributed by atoms with van der Waals surface area (Å²) in [7, 11) is 0. The van der Waals surface area contributed by atoms with E-state index >= 15 is 0 Å². The number of rotatable bonds is 4. The predicted molar refractivity (Wildman–Crippen MR) is 75.4 cm³/mol. The van der Waals surface area contributed by atoms with Crippen molar-refractivity contribution in [1.82, 2.24) is 4.98 Å². The van der Waals surface area contributed by atoms with Crippen LogP contribution in [0, 0.1) is 12.3 Å². The number of anilines is 1. The van der Waals surface area contributed by atoms with Crippen molar-refractivity contribution in [3.8, 4) is 0 Å². The summed E-state index contributed by atoms with van der Waals surface area (Å²) in [5.74, 6) is -0.625. The molecule has 19 heavy (non-hydrogen) atoms. The van der Waals surface area contributed by atoms with Crippen molar-refractivity contribution in [1.29, 1.82) is 0 Å². The second-order valence-electron chi connectivity index (χ2n) is 5.48. The molecule has 4 nitrogen and oxygen atoms in total. The number of aryl methyl sites for hydroxylation is 1. The highest BCUT2D eigenvalue weighted by molar-refractivity contribution is 5.75. The number of aromatic nitrogens is 1. The molecule has 1 aromatic rings. The lowest BCUT2D eigenvalue weighted by Crippen LogP contribution is -2.44. The summed E-state index contributed by atoms with van der Waals surface area (Å²) in [5, 5.41) is 9.50. The van der Waals surface area contributed by atoms with Crippen LogP contribution in [-0.4, -0.2) is 29.1 Å². The minimum Gasteiger partial charge on any atom is -0.481 e. The maximum atomic E-state index is 11.5. The molecule has 0 aromatic carbocycles. The topological polar surface area (TPSA) is 53.4 Å². The van der Waals surface area contributed by atoms with Gasteiger partial charge in [-0.2, -0.15) is 0 Å². The second-order valence-corrected chi connectivity index (χ2v) is 5.48. The van der Waals surface area contributed by atoms with Gasteiger partial charge in [0.1, 0.15) is 0 Å². The first-order chi connectivity index (χ1) is 9.09. The van der Waals surface area contributed by atoms with Crippen LogP contribution in [0.2, 0.25) is 0 Å². The molecule has 1 fully saturated rings. The molecule has 104 valence electrons. The lowest BCUT2D eigenvalue weighted by Gasteiger charge is -2.40. The van der Waals surface area contributed by atoms with E-state index in [4.69, 9.17) is 0 Å². The first-order valence-corrected chi connectivity index (χ1v) is 6.98. The van der Waals surface area contributed by atoms with E-state index in [2.05, 4.69) is 16.8 Å². The van der Waals surface area contributed by atoms with Crippen LogP contribution >= 0.6 is 0 Å². The quantitative estimate of drug-likeness (QED) is 0.906. The summed E-state index contributed by atoms with van der Waals surface area (Å²) in [6.07, 6.45) is 6.84. The molecule has 0 saturated carbocycles. The van der Waals surface area contributed by atoms with E-state index in [1.807, 2.05) is 19.2 Å². The summed E-state index contributed by atoms with van der Waals surface area (Å²) in [5.41, 5.74) is 1.83. The van der Waals surface area contributed by atoms with Crippen molar-refractivity contribution in [2.75, 3.05) is 18.0 Å². The molecule has 0 radical (unpaired) electrons. The first-order valence-electron chi connectivity index (χ1n) is 6.98. The first kappa shape index (κ1) is 13.8. The van der Waals surface area contributed by atoms with Gasteiger partial charge >= 0.3 is 5.97 Å². The molecule has 2 rings (SSSR count). The smallest absolute Gasteiger partial charge is 0.309 e. The van der Waals surface area contributed by atoms with Crippen LogP contribution < -0.4 is 4.90 Å². The van der Waals surface area contributed by atoms with Crippen LogP contribution in [0.5, 0.6) is 0 Å². The van der Waals surface area contributed by atoms with Crippen molar-refractivity contribution in [2.45, 2.75) is 39.5 Å². The normalized spacial score (nSPS) is 18.3. The molecule has 1 saturated heterocycles. The van der Waals surface area contributed by atoms with E-state index in [0.717, 1.165) is 44.3 Å². The molecular weight excluding hydrogens is 240 g/mol. The van der Waals surface area contributed by atoms with Crippen LogP contribution in [0.4, 0.5) is 5.69 Å². The largest absolute Gasteiger partial charge is 0.481 e. The van der Waals surface area contributed by atoms with Gasteiger partial charge in [0.2, 0.25) is 0 Å². The zero-order valence-electron chi connectivity index (χ0n) is 11.7. The Morgan fingerprint density at radius 3 is 2.68 bits per heavy atom. The third-order valence-electron chi connectivity index (χ3n) is 4.23. The van der Waals surface area contributed by atoms with E-state index in [0.29, 0.717) is 0 Å². The number of piperidine rings is 1. The monoisotopic (exact) mass is 262 g/mol. The third kappa shape index (κ3) is 2.72. The van der Waals surface area contributed by atoms with Crippen molar-refractivity contribution >= 4 is 11.7 Å². The van der Waals surface area contributed by atoms with Crippen LogP contribution in [-0.2, 0) is 4.79 Å². The Morgan fingerprint density at radius 2 is 2.16 bits per heavy atom. The van der Waals surface area contributed by atoms with E-state index in [1.54, 1.807) is 6.20 Å². The fourth-order valence-electron chi connectivity index (χ4n) is 3.05. The van der Waals surface area contributed by atoms with Gasteiger partial charge in [-0.15, -0.1) is 0 Å². The highest BCUT2D eigenvalue weighted by atomic mass is 16.4. The molecule has 0 aliphatic carbocycles. The molecule has 1 aliphatic rings. The molecule has 1 aliphatic heterocycles. The highest BCUT2D eigenvalue weighted by Gasteiger charge is 2.40. The number of carbonyl (C=O) groups is 1. The summed E-state index contributed by atoms with van der Waals surface area (Å²) in [6, 6.07) is 2.02. The Hall–Kier alpha value is -1.58. The van der Waals surface area contributed by atoms with E-state index in [9.17, 15) is 9.90 Å². The van der Waals surface area contributed by atoms with Gasteiger partial charge in [0, 0.05) is 31.2 Å². The van der Waals surface area contributed by atoms with Gasteiger partial charge in [-0.1, -0.05) is 13.3 Å². The average Bonchev–Trinajstić information content (AvgIpc) is 2.40. The zero-order chi connectivity index (χ0) is 13.9. The molecule has 0 unspecified atom stereocenters. The lowest BCUT2D eigenvalue weighted by molar-refractivity contribution is -0.150. The Bertz CT molecular complexity index is 451. The second kappa shape index (κ2) is 5.59. The number of carboxylic acid groups (broad SMARTS) is 1. The number of pyridine rings is 1. The maximum Gasteiger partial charge on any atom is 0.309 e. The van der Waals surface area contributed by atoms with Gasteiger partial charge in [-0.3, -0.25) is 9.78 Å². The molecule has 0 amide bonds. The van der Waals surface area contributed by atoms with Crippen LogP contribution in [0.3, 0.4) is 0 Å². The summed E-state index contributed by atoms with van der Waals surface area (Å²) < 4.78 is 0. The fraction of sp³-hybridized carbons (Fsp3) is 0.600. The van der Waals surface area contributed by atoms with E-state index in [1.165, 1.54) is 5.69 Å². The Balaban J connectivity index is 2.10. The van der Waals surface area contributed by atoms with Crippen molar-refractivity contribution in [3.63, 3.8) is 0 Å². The third-order valence-corrected chi connectivity index (χ3v) is 4.23. The maximum absolute atomic E-state index is 11.5. The predicted octanol–water partition coefficient (Wildman–Crippen LogP) is 2.86. The van der Waals surface area contributed by atoms with Crippen molar-refractivity contribution < 1.29 is 9.90 Å². The van der Waals surface area contributed by atoms with Crippen molar-refractivity contribution in [2.24, 2.45) is 5.41 Å². The minimum atomic E-state index is -0.625. The van der Waals surface area contributed by atoms with Crippen LogP contribution in [0.15, 0.2) is 18.5 Å². The number of nitrogens with zero attached hydrogens (tertiary/aromatic N) is 2. The summed E-state index contributed by atoms with van der Waals surface area (Å²) in [4.78, 5) is 17.9. The molecule has 1 aromatic heterocycles. The highest BCUT2D eigenvalue weighted by Crippen LogP contribution is 2.38. The molecule has 0 bridgehead atoms. The Kier molecular flexibility index (Phi) is 4.08. The summed E-state index contributed by atoms with van der Waals surface area (Å²) in [6.45, 7) is 5.74. The number of aliphatic carboxylic acids is 1. The van der Waals surface area contributed by atoms with E-state index in [-0.39, 0.29) is 0 Å². The number of carboxylic acids is 1. The van der Waals surface area contributed by atoms with E-state index < -0.39 is 11.4 Å². The number of hydrogen-bond acceptors (Lipinski definition) is 3.